The van der Waals surface area contributed by atoms with Crippen LogP contribution in [0.1, 0.15) is 87.6 Å². The lowest BCUT2D eigenvalue weighted by Gasteiger charge is -2.10. The van der Waals surface area contributed by atoms with E-state index >= 15 is 0 Å². The van der Waals surface area contributed by atoms with Crippen LogP contribution in [0, 0.1) is 18.3 Å². The van der Waals surface area contributed by atoms with Gasteiger partial charge in [0.1, 0.15) is 11.1 Å². The average molecular weight is 397 g/mol. The van der Waals surface area contributed by atoms with Gasteiger partial charge in [0.15, 0.2) is 0 Å². The molecule has 1 aromatic heterocycles. The summed E-state index contributed by atoms with van der Waals surface area (Å²) in [5.41, 5.74) is 3.88. The Balaban J connectivity index is 2.13. The number of nitriles is 1. The molecule has 4 heteroatoms. The molecule has 1 N–H and O–H groups in total. The third-order valence-corrected chi connectivity index (χ3v) is 6.36. The number of thiophene rings is 1. The van der Waals surface area contributed by atoms with Crippen molar-refractivity contribution in [1.29, 1.82) is 5.26 Å². The number of benzene rings is 1. The van der Waals surface area contributed by atoms with Crippen LogP contribution in [0.15, 0.2) is 24.3 Å². The van der Waals surface area contributed by atoms with E-state index < -0.39 is 0 Å². The van der Waals surface area contributed by atoms with Crippen LogP contribution in [0.5, 0.6) is 0 Å². The summed E-state index contributed by atoms with van der Waals surface area (Å²) in [5.74, 6) is 0.535. The van der Waals surface area contributed by atoms with E-state index in [0.29, 0.717) is 22.9 Å². The molecule has 1 amide bonds. The highest BCUT2D eigenvalue weighted by atomic mass is 32.1. The van der Waals surface area contributed by atoms with Gasteiger partial charge < -0.3 is 5.32 Å². The van der Waals surface area contributed by atoms with Crippen molar-refractivity contribution in [2.75, 3.05) is 5.32 Å². The van der Waals surface area contributed by atoms with Crippen LogP contribution in [0.3, 0.4) is 0 Å². The molecule has 0 radical (unpaired) electrons. The third kappa shape index (κ3) is 5.69. The first-order chi connectivity index (χ1) is 13.5. The highest BCUT2D eigenvalue weighted by Crippen LogP contribution is 2.39. The highest BCUT2D eigenvalue weighted by molar-refractivity contribution is 7.17. The van der Waals surface area contributed by atoms with Gasteiger partial charge in [-0.1, -0.05) is 70.7 Å². The van der Waals surface area contributed by atoms with Gasteiger partial charge in [0.25, 0.3) is 0 Å². The Kier molecular flexibility index (Phi) is 8.73. The van der Waals surface area contributed by atoms with E-state index in [1.165, 1.54) is 36.2 Å². The van der Waals surface area contributed by atoms with E-state index in [0.717, 1.165) is 35.3 Å². The Bertz CT molecular complexity index is 814. The van der Waals surface area contributed by atoms with Gasteiger partial charge in [0.2, 0.25) is 5.91 Å². The summed E-state index contributed by atoms with van der Waals surface area (Å²) in [7, 11) is 0. The number of nitrogens with zero attached hydrogens (tertiary/aromatic N) is 1. The number of rotatable bonds is 10. The van der Waals surface area contributed by atoms with Crippen molar-refractivity contribution < 1.29 is 4.79 Å². The van der Waals surface area contributed by atoms with Gasteiger partial charge in [-0.15, -0.1) is 11.3 Å². The van der Waals surface area contributed by atoms with Crippen LogP contribution in [0.4, 0.5) is 5.00 Å². The van der Waals surface area contributed by atoms with E-state index in [2.05, 4.69) is 56.4 Å². The lowest BCUT2D eigenvalue weighted by atomic mass is 9.95. The molecule has 0 unspecified atom stereocenters. The lowest BCUT2D eigenvalue weighted by molar-refractivity contribution is -0.116. The van der Waals surface area contributed by atoms with Gasteiger partial charge in [0, 0.05) is 16.9 Å². The maximum absolute atomic E-state index is 12.3. The number of aryl methyl sites for hydroxylation is 1. The van der Waals surface area contributed by atoms with Crippen molar-refractivity contribution in [1.82, 2.24) is 0 Å². The normalized spacial score (nSPS) is 11.8. The smallest absolute Gasteiger partial charge is 0.225 e. The van der Waals surface area contributed by atoms with E-state index in [1.54, 1.807) is 0 Å². The summed E-state index contributed by atoms with van der Waals surface area (Å²) >= 11 is 1.50. The van der Waals surface area contributed by atoms with Crippen molar-refractivity contribution in [3.63, 3.8) is 0 Å². The Morgan fingerprint density at radius 1 is 1.14 bits per heavy atom. The Morgan fingerprint density at radius 2 is 1.82 bits per heavy atom. The molecule has 1 aromatic carbocycles. The van der Waals surface area contributed by atoms with Crippen molar-refractivity contribution in [3.05, 3.63) is 40.3 Å². The summed E-state index contributed by atoms with van der Waals surface area (Å²) in [6.45, 7) is 8.62. The van der Waals surface area contributed by atoms with Crippen LogP contribution in [-0.2, 0) is 4.79 Å². The summed E-state index contributed by atoms with van der Waals surface area (Å²) in [6.07, 6.45) is 7.23. The minimum absolute atomic E-state index is 0.00733. The molecule has 0 aliphatic heterocycles. The monoisotopic (exact) mass is 396 g/mol. The van der Waals surface area contributed by atoms with Crippen molar-refractivity contribution >= 4 is 22.2 Å². The second kappa shape index (κ2) is 11.0. The first-order valence-electron chi connectivity index (χ1n) is 10.4. The molecular formula is C24H32N2OS. The molecule has 28 heavy (non-hydrogen) atoms. The molecule has 0 aliphatic rings. The molecule has 0 aliphatic carbocycles. The predicted octanol–water partition coefficient (Wildman–Crippen LogP) is 7.41. The average Bonchev–Trinajstić information content (AvgIpc) is 3.01. The standard InChI is InChI=1S/C24H32N2OS/c1-5-7-8-9-10-11-22(27)26-24-21(16-25)23(18(4)28-24)20-14-12-19(13-15-20)17(3)6-2/h12-15,17H,5-11H2,1-4H3,(H,26,27)/t17-/m0/s1. The van der Waals surface area contributed by atoms with Crippen LogP contribution in [-0.4, -0.2) is 5.91 Å². The van der Waals surface area contributed by atoms with Crippen LogP contribution >= 0.6 is 11.3 Å². The number of carbonyl (C=O) groups is 1. The van der Waals surface area contributed by atoms with E-state index in [1.807, 2.05) is 6.92 Å². The fourth-order valence-electron chi connectivity index (χ4n) is 3.38. The molecule has 0 bridgehead atoms. The first kappa shape index (κ1) is 22.2. The van der Waals surface area contributed by atoms with Crippen LogP contribution in [0.2, 0.25) is 0 Å². The molecule has 0 saturated heterocycles. The number of anilines is 1. The summed E-state index contributed by atoms with van der Waals surface area (Å²) in [5, 5.41) is 13.4. The van der Waals surface area contributed by atoms with Crippen LogP contribution in [0.25, 0.3) is 11.1 Å². The molecule has 0 spiro atoms. The minimum Gasteiger partial charge on any atom is -0.317 e. The molecular weight excluding hydrogens is 364 g/mol. The topological polar surface area (TPSA) is 52.9 Å². The second-order valence-corrected chi connectivity index (χ2v) is 8.72. The van der Waals surface area contributed by atoms with E-state index in [4.69, 9.17) is 0 Å². The molecule has 1 heterocycles. The molecule has 2 rings (SSSR count). The maximum atomic E-state index is 12.3. The fraction of sp³-hybridized carbons (Fsp3) is 0.500. The number of unbranched alkanes of at least 4 members (excludes halogenated alkanes) is 4. The largest absolute Gasteiger partial charge is 0.317 e. The molecule has 0 fully saturated rings. The van der Waals surface area contributed by atoms with Gasteiger partial charge in [0.05, 0.1) is 5.56 Å². The highest BCUT2D eigenvalue weighted by Gasteiger charge is 2.19. The number of carbonyl (C=O) groups excluding carboxylic acids is 1. The number of nitrogens with one attached hydrogen (secondary N) is 1. The molecule has 1 atom stereocenters. The van der Waals surface area contributed by atoms with Crippen molar-refractivity contribution in [2.45, 2.75) is 78.6 Å². The van der Waals surface area contributed by atoms with Gasteiger partial charge in [-0.3, -0.25) is 4.79 Å². The molecule has 0 saturated carbocycles. The summed E-state index contributed by atoms with van der Waals surface area (Å²) in [6, 6.07) is 10.8. The zero-order valence-corrected chi connectivity index (χ0v) is 18.4. The molecule has 2 aromatic rings. The number of hydrogen-bond donors (Lipinski definition) is 1. The predicted molar refractivity (Wildman–Crippen MR) is 120 cm³/mol. The number of amides is 1. The van der Waals surface area contributed by atoms with Crippen molar-refractivity contribution in [2.24, 2.45) is 0 Å². The summed E-state index contributed by atoms with van der Waals surface area (Å²) < 4.78 is 0. The molecule has 150 valence electrons. The molecule has 3 nitrogen and oxygen atoms in total. The lowest BCUT2D eigenvalue weighted by Crippen LogP contribution is -2.10. The first-order valence-corrected chi connectivity index (χ1v) is 11.3. The van der Waals surface area contributed by atoms with Gasteiger partial charge in [-0.2, -0.15) is 5.26 Å². The zero-order valence-electron chi connectivity index (χ0n) is 17.6. The maximum Gasteiger partial charge on any atom is 0.225 e. The van der Waals surface area contributed by atoms with E-state index in [-0.39, 0.29) is 5.91 Å². The quantitative estimate of drug-likeness (QED) is 0.425. The summed E-state index contributed by atoms with van der Waals surface area (Å²) in [4.78, 5) is 13.4. The number of hydrogen-bond acceptors (Lipinski definition) is 3. The Morgan fingerprint density at radius 3 is 2.43 bits per heavy atom. The SMILES string of the molecule is CCCCCCCC(=O)Nc1sc(C)c(-c2ccc([C@@H](C)CC)cc2)c1C#N. The Labute approximate surface area is 173 Å². The fourth-order valence-corrected chi connectivity index (χ4v) is 4.42. The Hall–Kier alpha value is -2.12. The zero-order chi connectivity index (χ0) is 20.5. The van der Waals surface area contributed by atoms with Gasteiger partial charge in [-0.25, -0.2) is 0 Å². The van der Waals surface area contributed by atoms with Crippen molar-refractivity contribution in [3.8, 4) is 17.2 Å². The minimum atomic E-state index is 0.00733. The van der Waals surface area contributed by atoms with Crippen LogP contribution < -0.4 is 5.32 Å². The van der Waals surface area contributed by atoms with Gasteiger partial charge in [-0.05, 0) is 36.8 Å². The van der Waals surface area contributed by atoms with Gasteiger partial charge >= 0.3 is 0 Å². The third-order valence-electron chi connectivity index (χ3n) is 5.34. The second-order valence-electron chi connectivity index (χ2n) is 7.49. The van der Waals surface area contributed by atoms with E-state index in [9.17, 15) is 10.1 Å².